The molecule has 0 spiro atoms. The van der Waals surface area contributed by atoms with Crippen LogP contribution in [0.4, 0.5) is 45.6 Å². The molecule has 1 aliphatic carbocycles. The first kappa shape index (κ1) is 41.2. The summed E-state index contributed by atoms with van der Waals surface area (Å²) in [5, 5.41) is 19.9. The number of fused-ring (bicyclic) bond motifs is 1. The Labute approximate surface area is 291 Å². The number of carbonyl (C=O) groups excluding carboxylic acids is 1. The third-order valence-electron chi connectivity index (χ3n) is 8.46. The van der Waals surface area contributed by atoms with Crippen LogP contribution in [0.3, 0.4) is 0 Å². The predicted octanol–water partition coefficient (Wildman–Crippen LogP) is 6.53. The third-order valence-corrected chi connectivity index (χ3v) is 8.46. The number of amides is 2. The van der Waals surface area contributed by atoms with E-state index < -0.39 is 42.0 Å². The van der Waals surface area contributed by atoms with E-state index in [-0.39, 0.29) is 23.2 Å². The fourth-order valence-electron chi connectivity index (χ4n) is 6.10. The number of halogens is 8. The normalized spacial score (nSPS) is 19.8. The van der Waals surface area contributed by atoms with Crippen molar-refractivity contribution in [1.29, 1.82) is 0 Å². The zero-order chi connectivity index (χ0) is 38.9. The van der Waals surface area contributed by atoms with E-state index in [0.717, 1.165) is 50.9 Å². The predicted molar refractivity (Wildman–Crippen MR) is 168 cm³/mol. The molecule has 0 radical (unpaired) electrons. The maximum Gasteiger partial charge on any atom is 0.490 e. The number of urea groups is 1. The molecule has 2 aromatic carbocycles. The maximum absolute atomic E-state index is 13.6. The summed E-state index contributed by atoms with van der Waals surface area (Å²) in [5.74, 6) is -6.07. The van der Waals surface area contributed by atoms with Crippen molar-refractivity contribution in [2.75, 3.05) is 26.1 Å². The van der Waals surface area contributed by atoms with E-state index in [1.54, 1.807) is 26.6 Å². The molecule has 1 aliphatic heterocycles. The molecule has 1 saturated carbocycles. The Bertz CT molecular complexity index is 1670. The number of pyridine rings is 1. The molecular weight excluding hydrogens is 716 g/mol. The van der Waals surface area contributed by atoms with Crippen molar-refractivity contribution in [3.63, 3.8) is 0 Å². The molecule has 0 bridgehead atoms. The second-order valence-corrected chi connectivity index (χ2v) is 11.6. The molecule has 1 aromatic heterocycles. The first-order valence-corrected chi connectivity index (χ1v) is 15.3. The van der Waals surface area contributed by atoms with E-state index in [1.807, 2.05) is 18.2 Å². The molecular formula is C33H34F8N4O7. The van der Waals surface area contributed by atoms with Gasteiger partial charge in [0.05, 0.1) is 14.2 Å². The second-order valence-electron chi connectivity index (χ2n) is 11.6. The van der Waals surface area contributed by atoms with E-state index in [0.29, 0.717) is 11.5 Å². The fraction of sp³-hybridized carbons (Fsp3) is 0.394. The van der Waals surface area contributed by atoms with Gasteiger partial charge in [-0.05, 0) is 79.8 Å². The molecule has 5 rings (SSSR count). The van der Waals surface area contributed by atoms with Gasteiger partial charge in [0.2, 0.25) is 0 Å². The average molecular weight is 751 g/mol. The maximum atomic E-state index is 13.6. The Morgan fingerprint density at radius 3 is 2.00 bits per heavy atom. The van der Waals surface area contributed by atoms with Gasteiger partial charge in [0, 0.05) is 48.2 Å². The number of hydrogen-bond donors (Lipinski definition) is 4. The van der Waals surface area contributed by atoms with Crippen LogP contribution in [0.5, 0.6) is 11.5 Å². The van der Waals surface area contributed by atoms with Crippen LogP contribution in [0.15, 0.2) is 60.9 Å². The van der Waals surface area contributed by atoms with Gasteiger partial charge in [0.1, 0.15) is 0 Å². The van der Waals surface area contributed by atoms with Crippen LogP contribution in [0.25, 0.3) is 0 Å². The standard InChI is InChI=1S/C29H32F2N4O3.2C2HF3O2/c1-37-25-6-3-20(15-26(25)38-2)29-10-7-22(34-28(36)33-21-4-5-23(30)24(31)16-21)17-27(29)35(14-11-29)18-19-8-12-32-13-9-19;2*3-2(4,5)1(6)7/h3-6,8-9,12-13,15-16,22,27H,7,10-11,14,17-18H2,1-2H3,(H2,33,34,36);2*(H,6,7). The van der Waals surface area contributed by atoms with E-state index in [4.69, 9.17) is 29.3 Å². The SMILES string of the molecule is COc1ccc(C23CCC(NC(=O)Nc4ccc(F)c(F)c4)CC2N(Cc2ccncc2)CC3)cc1OC.O=C(O)C(F)(F)F.O=C(O)C(F)(F)F. The molecule has 284 valence electrons. The van der Waals surface area contributed by atoms with Gasteiger partial charge in [0.25, 0.3) is 0 Å². The van der Waals surface area contributed by atoms with Crippen LogP contribution < -0.4 is 20.1 Å². The van der Waals surface area contributed by atoms with Crippen LogP contribution >= 0.6 is 0 Å². The minimum atomic E-state index is -5.08. The highest BCUT2D eigenvalue weighted by Crippen LogP contribution is 2.50. The number of methoxy groups -OCH3 is 2. The zero-order valence-corrected chi connectivity index (χ0v) is 27.5. The summed E-state index contributed by atoms with van der Waals surface area (Å²) in [6.07, 6.45) is -3.13. The van der Waals surface area contributed by atoms with E-state index >= 15 is 0 Å². The average Bonchev–Trinajstić information content (AvgIpc) is 3.44. The number of carboxylic acid groups (broad SMARTS) is 2. The van der Waals surface area contributed by atoms with Crippen LogP contribution in [0.2, 0.25) is 0 Å². The molecule has 2 fully saturated rings. The molecule has 52 heavy (non-hydrogen) atoms. The van der Waals surface area contributed by atoms with Gasteiger partial charge in [-0.15, -0.1) is 0 Å². The second kappa shape index (κ2) is 17.3. The first-order valence-electron chi connectivity index (χ1n) is 15.3. The lowest BCUT2D eigenvalue weighted by Gasteiger charge is -2.45. The molecule has 4 N–H and O–H groups in total. The topological polar surface area (TPSA) is 150 Å². The van der Waals surface area contributed by atoms with E-state index in [2.05, 4.69) is 32.7 Å². The highest BCUT2D eigenvalue weighted by Gasteiger charge is 2.51. The number of ether oxygens (including phenoxy) is 2. The Balaban J connectivity index is 0.000000441. The minimum absolute atomic E-state index is 0.0726. The molecule has 2 heterocycles. The monoisotopic (exact) mass is 750 g/mol. The van der Waals surface area contributed by atoms with Gasteiger partial charge in [-0.1, -0.05) is 6.07 Å². The molecule has 11 nitrogen and oxygen atoms in total. The number of aliphatic carboxylic acids is 2. The number of rotatable bonds is 7. The number of hydrogen-bond acceptors (Lipinski definition) is 7. The van der Waals surface area contributed by atoms with Crippen molar-refractivity contribution >= 4 is 23.7 Å². The molecule has 2 aliphatic rings. The van der Waals surface area contributed by atoms with Crippen molar-refractivity contribution in [2.45, 2.75) is 62.1 Å². The lowest BCUT2D eigenvalue weighted by Crippen LogP contribution is -2.52. The highest BCUT2D eigenvalue weighted by atomic mass is 19.4. The molecule has 3 aromatic rings. The fourth-order valence-corrected chi connectivity index (χ4v) is 6.10. The summed E-state index contributed by atoms with van der Waals surface area (Å²) in [4.78, 5) is 37.2. The number of carbonyl (C=O) groups is 3. The molecule has 19 heteroatoms. The number of alkyl halides is 6. The van der Waals surface area contributed by atoms with Crippen molar-refractivity contribution in [3.8, 4) is 11.5 Å². The third kappa shape index (κ3) is 10.9. The number of nitrogens with one attached hydrogen (secondary N) is 2. The minimum Gasteiger partial charge on any atom is -0.493 e. The zero-order valence-electron chi connectivity index (χ0n) is 27.5. The molecule has 2 amide bonds. The number of carboxylic acids is 2. The first-order chi connectivity index (χ1) is 24.3. The van der Waals surface area contributed by atoms with E-state index in [1.165, 1.54) is 17.2 Å². The summed E-state index contributed by atoms with van der Waals surface area (Å²) in [6.45, 7) is 1.71. The lowest BCUT2D eigenvalue weighted by atomic mass is 9.65. The summed E-state index contributed by atoms with van der Waals surface area (Å²) in [5.41, 5.74) is 2.51. The van der Waals surface area contributed by atoms with Gasteiger partial charge < -0.3 is 30.3 Å². The number of aromatic nitrogens is 1. The highest BCUT2D eigenvalue weighted by molar-refractivity contribution is 5.89. The van der Waals surface area contributed by atoms with E-state index in [9.17, 15) is 39.9 Å². The van der Waals surface area contributed by atoms with Gasteiger partial charge in [0.15, 0.2) is 23.1 Å². The summed E-state index contributed by atoms with van der Waals surface area (Å²) >= 11 is 0. The Kier molecular flexibility index (Phi) is 13.7. The summed E-state index contributed by atoms with van der Waals surface area (Å²) < 4.78 is 101. The van der Waals surface area contributed by atoms with Crippen molar-refractivity contribution < 1.29 is 69.2 Å². The number of benzene rings is 2. The van der Waals surface area contributed by atoms with Crippen molar-refractivity contribution in [1.82, 2.24) is 15.2 Å². The number of likely N-dealkylation sites (tertiary alicyclic amines) is 1. The summed E-state index contributed by atoms with van der Waals surface area (Å²) in [7, 11) is 3.28. The molecule has 3 unspecified atom stereocenters. The van der Waals surface area contributed by atoms with Crippen LogP contribution in [-0.2, 0) is 21.5 Å². The molecule has 1 saturated heterocycles. The van der Waals surface area contributed by atoms with Crippen LogP contribution in [-0.4, -0.2) is 83.3 Å². The van der Waals surface area contributed by atoms with Crippen LogP contribution in [0, 0.1) is 11.6 Å². The lowest BCUT2D eigenvalue weighted by molar-refractivity contribution is -0.193. The smallest absolute Gasteiger partial charge is 0.490 e. The Hall–Kier alpha value is -5.20. The number of nitrogens with zero attached hydrogens (tertiary/aromatic N) is 2. The van der Waals surface area contributed by atoms with Crippen molar-refractivity contribution in [2.24, 2.45) is 0 Å². The number of anilines is 1. The van der Waals surface area contributed by atoms with Crippen molar-refractivity contribution in [3.05, 3.63) is 83.7 Å². The largest absolute Gasteiger partial charge is 0.493 e. The quantitative estimate of drug-likeness (QED) is 0.198. The summed E-state index contributed by atoms with van der Waals surface area (Å²) in [6, 6.07) is 13.2. The Morgan fingerprint density at radius 2 is 1.46 bits per heavy atom. The Morgan fingerprint density at radius 1 is 0.865 bits per heavy atom. The van der Waals surface area contributed by atoms with Gasteiger partial charge in [-0.2, -0.15) is 26.3 Å². The van der Waals surface area contributed by atoms with Gasteiger partial charge >= 0.3 is 30.3 Å². The van der Waals surface area contributed by atoms with Gasteiger partial charge in [-0.25, -0.2) is 23.2 Å². The molecule has 3 atom stereocenters. The van der Waals surface area contributed by atoms with Gasteiger partial charge in [-0.3, -0.25) is 9.88 Å². The van der Waals surface area contributed by atoms with Crippen LogP contribution in [0.1, 0.15) is 36.8 Å².